The van der Waals surface area contributed by atoms with Gasteiger partial charge in [-0.1, -0.05) is 26.0 Å². The Labute approximate surface area is 277 Å². The molecule has 1 fully saturated rings. The van der Waals surface area contributed by atoms with Crippen molar-refractivity contribution in [1.82, 2.24) is 15.5 Å². The summed E-state index contributed by atoms with van der Waals surface area (Å²) in [4.78, 5) is 52.7. The highest BCUT2D eigenvalue weighted by atomic mass is 32.2. The van der Waals surface area contributed by atoms with Crippen molar-refractivity contribution in [1.29, 1.82) is 0 Å². The van der Waals surface area contributed by atoms with Gasteiger partial charge in [0.15, 0.2) is 23.1 Å². The summed E-state index contributed by atoms with van der Waals surface area (Å²) >= 11 is 1.27. The van der Waals surface area contributed by atoms with Crippen LogP contribution < -0.4 is 15.4 Å². The van der Waals surface area contributed by atoms with Crippen LogP contribution in [0.4, 0.5) is 18.0 Å². The van der Waals surface area contributed by atoms with E-state index < -0.39 is 64.4 Å². The number of rotatable bonds is 13. The van der Waals surface area contributed by atoms with Crippen LogP contribution in [-0.2, 0) is 36.8 Å². The van der Waals surface area contributed by atoms with Crippen molar-refractivity contribution >= 4 is 35.6 Å². The normalized spacial score (nSPS) is 16.0. The van der Waals surface area contributed by atoms with E-state index in [0.29, 0.717) is 23.6 Å². The van der Waals surface area contributed by atoms with E-state index in [9.17, 15) is 32.3 Å². The summed E-state index contributed by atoms with van der Waals surface area (Å²) in [5.74, 6) is -4.18. The van der Waals surface area contributed by atoms with E-state index in [1.807, 2.05) is 13.8 Å². The molecule has 0 radical (unpaired) electrons. The number of thioether (sulfide) groups is 1. The fraction of sp³-hybridized carbons (Fsp3) is 0.515. The molecule has 2 aromatic carbocycles. The van der Waals surface area contributed by atoms with Gasteiger partial charge in [-0.3, -0.25) is 9.59 Å². The highest BCUT2D eigenvalue weighted by molar-refractivity contribution is 8.00. The third-order valence-electron chi connectivity index (χ3n) is 6.91. The molecule has 10 nitrogen and oxygen atoms in total. The highest BCUT2D eigenvalue weighted by Gasteiger charge is 2.36. The van der Waals surface area contributed by atoms with Gasteiger partial charge in [-0.05, 0) is 63.4 Å². The van der Waals surface area contributed by atoms with Crippen molar-refractivity contribution in [3.8, 4) is 5.75 Å². The summed E-state index contributed by atoms with van der Waals surface area (Å²) in [6.45, 7) is 11.0. The van der Waals surface area contributed by atoms with Crippen LogP contribution in [0.3, 0.4) is 0 Å². The fourth-order valence-corrected chi connectivity index (χ4v) is 5.86. The van der Waals surface area contributed by atoms with E-state index in [0.717, 1.165) is 5.56 Å². The predicted octanol–water partition coefficient (Wildman–Crippen LogP) is 5.11. The van der Waals surface area contributed by atoms with Gasteiger partial charge >= 0.3 is 12.1 Å². The van der Waals surface area contributed by atoms with Crippen LogP contribution in [0.25, 0.3) is 0 Å². The van der Waals surface area contributed by atoms with Crippen LogP contribution in [-0.4, -0.2) is 70.8 Å². The first-order chi connectivity index (χ1) is 22.1. The molecule has 2 N–H and O–H groups in total. The summed E-state index contributed by atoms with van der Waals surface area (Å²) in [7, 11) is 0. The maximum atomic E-state index is 14.5. The van der Waals surface area contributed by atoms with Crippen molar-refractivity contribution in [3.63, 3.8) is 0 Å². The quantitative estimate of drug-likeness (QED) is 0.221. The number of ether oxygens (including phenoxy) is 3. The van der Waals surface area contributed by atoms with Crippen LogP contribution in [0.5, 0.6) is 5.75 Å². The zero-order chi connectivity index (χ0) is 34.9. The Morgan fingerprint density at radius 1 is 1.02 bits per heavy atom. The molecule has 3 rings (SSSR count). The standard InChI is InChI=1S/C33H42F3N3O7S/c1-7-44-31(42)28(19(2)3)45-23-10-8-20(9-11-23)18-37-29(41)30-39(12-13-47-30)27(40)16-22(38-32(43)46-33(4,5)6)14-21-15-25(35)26(36)17-24(21)34/h8-11,15,17,19,22,28,30H,7,12-14,16,18H2,1-6H3,(H,37,41)(H,38,43)/t22-,28-,30-/m1/s1. The Hall–Kier alpha value is -3.94. The molecule has 0 aromatic heterocycles. The second-order valence-corrected chi connectivity index (χ2v) is 13.5. The highest BCUT2D eigenvalue weighted by Crippen LogP contribution is 2.26. The molecule has 0 saturated carbocycles. The average molecular weight is 682 g/mol. The van der Waals surface area contributed by atoms with Crippen LogP contribution in [0.15, 0.2) is 36.4 Å². The SMILES string of the molecule is CCOC(=O)[C@H](Oc1ccc(CNC(=O)[C@H]2SCCN2C(=O)C[C@@H](Cc2cc(F)c(F)cc2F)NC(=O)OC(C)(C)C)cc1)C(C)C. The number of halogens is 3. The number of nitrogens with one attached hydrogen (secondary N) is 2. The number of carbonyl (C=O) groups is 4. The lowest BCUT2D eigenvalue weighted by molar-refractivity contribution is -0.153. The third-order valence-corrected chi connectivity index (χ3v) is 8.11. The smallest absolute Gasteiger partial charge is 0.407 e. The van der Waals surface area contributed by atoms with Gasteiger partial charge in [0.05, 0.1) is 6.61 Å². The molecule has 0 aliphatic carbocycles. The molecule has 258 valence electrons. The number of carbonyl (C=O) groups excluding carboxylic acids is 4. The van der Waals surface area contributed by atoms with Crippen LogP contribution in [0, 0.1) is 23.4 Å². The van der Waals surface area contributed by atoms with E-state index in [1.54, 1.807) is 52.0 Å². The minimum atomic E-state index is -1.36. The number of benzene rings is 2. The van der Waals surface area contributed by atoms with Crippen LogP contribution >= 0.6 is 11.8 Å². The van der Waals surface area contributed by atoms with Crippen molar-refractivity contribution in [3.05, 3.63) is 65.0 Å². The molecule has 2 aromatic rings. The molecular weight excluding hydrogens is 639 g/mol. The van der Waals surface area contributed by atoms with Crippen LogP contribution in [0.1, 0.15) is 59.1 Å². The molecule has 47 heavy (non-hydrogen) atoms. The maximum absolute atomic E-state index is 14.5. The first kappa shape index (κ1) is 37.5. The van der Waals surface area contributed by atoms with E-state index in [-0.39, 0.29) is 44.0 Å². The Kier molecular flexibility index (Phi) is 13.4. The Balaban J connectivity index is 1.64. The molecule has 3 amide bonds. The average Bonchev–Trinajstić information content (AvgIpc) is 3.47. The van der Waals surface area contributed by atoms with Gasteiger partial charge in [0, 0.05) is 43.3 Å². The summed E-state index contributed by atoms with van der Waals surface area (Å²) < 4.78 is 58.1. The molecule has 1 heterocycles. The summed E-state index contributed by atoms with van der Waals surface area (Å²) in [5, 5.41) is 4.49. The molecule has 0 spiro atoms. The van der Waals surface area contributed by atoms with Gasteiger partial charge in [0.25, 0.3) is 5.91 Å². The minimum Gasteiger partial charge on any atom is -0.478 e. The van der Waals surface area contributed by atoms with Gasteiger partial charge in [-0.15, -0.1) is 11.8 Å². The largest absolute Gasteiger partial charge is 0.478 e. The zero-order valence-corrected chi connectivity index (χ0v) is 28.2. The minimum absolute atomic E-state index is 0.113. The van der Waals surface area contributed by atoms with E-state index in [2.05, 4.69) is 10.6 Å². The topological polar surface area (TPSA) is 123 Å². The van der Waals surface area contributed by atoms with Crippen molar-refractivity contribution in [2.75, 3.05) is 18.9 Å². The molecule has 1 aliphatic rings. The maximum Gasteiger partial charge on any atom is 0.407 e. The number of hydrogen-bond donors (Lipinski definition) is 2. The van der Waals surface area contributed by atoms with Gasteiger partial charge < -0.3 is 29.7 Å². The second-order valence-electron chi connectivity index (χ2n) is 12.3. The van der Waals surface area contributed by atoms with Crippen molar-refractivity contribution < 1.29 is 46.6 Å². The zero-order valence-electron chi connectivity index (χ0n) is 27.4. The first-order valence-corrected chi connectivity index (χ1v) is 16.4. The van der Waals surface area contributed by atoms with Gasteiger partial charge in [-0.2, -0.15) is 0 Å². The van der Waals surface area contributed by atoms with Gasteiger partial charge in [0.2, 0.25) is 5.91 Å². The lowest BCUT2D eigenvalue weighted by atomic mass is 10.0. The Morgan fingerprint density at radius 3 is 2.30 bits per heavy atom. The lowest BCUT2D eigenvalue weighted by Gasteiger charge is -2.27. The number of amides is 3. The summed E-state index contributed by atoms with van der Waals surface area (Å²) in [5.41, 5.74) is -0.355. The molecule has 14 heteroatoms. The number of hydrogen-bond acceptors (Lipinski definition) is 8. The molecule has 3 atom stereocenters. The number of nitrogens with zero attached hydrogens (tertiary/aromatic N) is 1. The fourth-order valence-electron chi connectivity index (χ4n) is 4.69. The van der Waals surface area contributed by atoms with E-state index in [1.165, 1.54) is 16.7 Å². The second kappa shape index (κ2) is 16.8. The lowest BCUT2D eigenvalue weighted by Crippen LogP contribution is -2.48. The van der Waals surface area contributed by atoms with Crippen molar-refractivity contribution in [2.45, 2.75) is 84.0 Å². The molecular formula is C33H42F3N3O7S. The molecule has 0 unspecified atom stereocenters. The summed E-state index contributed by atoms with van der Waals surface area (Å²) in [6.07, 6.45) is -2.32. The first-order valence-electron chi connectivity index (χ1n) is 15.3. The predicted molar refractivity (Wildman–Crippen MR) is 170 cm³/mol. The molecule has 0 bridgehead atoms. The summed E-state index contributed by atoms with van der Waals surface area (Å²) in [6, 6.07) is 6.89. The van der Waals surface area contributed by atoms with Gasteiger partial charge in [0.1, 0.15) is 17.2 Å². The van der Waals surface area contributed by atoms with Crippen LogP contribution in [0.2, 0.25) is 0 Å². The number of esters is 1. The Morgan fingerprint density at radius 2 is 1.68 bits per heavy atom. The van der Waals surface area contributed by atoms with E-state index in [4.69, 9.17) is 14.2 Å². The Bertz CT molecular complexity index is 1420. The van der Waals surface area contributed by atoms with Gasteiger partial charge in [-0.25, -0.2) is 22.8 Å². The third kappa shape index (κ3) is 11.4. The number of alkyl carbamates (subject to hydrolysis) is 1. The van der Waals surface area contributed by atoms with Crippen molar-refractivity contribution in [2.24, 2.45) is 5.92 Å². The monoisotopic (exact) mass is 681 g/mol. The molecule has 1 saturated heterocycles. The molecule has 1 aliphatic heterocycles. The van der Waals surface area contributed by atoms with E-state index >= 15 is 0 Å².